The molecule has 1 heterocycles. The number of rotatable bonds is 6. The quantitative estimate of drug-likeness (QED) is 0.721. The summed E-state index contributed by atoms with van der Waals surface area (Å²) in [5.41, 5.74) is 2.72. The Morgan fingerprint density at radius 1 is 1.14 bits per heavy atom. The maximum Gasteiger partial charge on any atom is 0.126 e. The van der Waals surface area contributed by atoms with E-state index >= 15 is 0 Å². The van der Waals surface area contributed by atoms with Crippen LogP contribution >= 0.6 is 0 Å². The molecule has 0 aliphatic rings. The predicted molar refractivity (Wildman–Crippen MR) is 78.8 cm³/mol. The van der Waals surface area contributed by atoms with E-state index in [-0.39, 0.29) is 6.61 Å². The van der Waals surface area contributed by atoms with Gasteiger partial charge in [0.2, 0.25) is 0 Å². The van der Waals surface area contributed by atoms with Crippen molar-refractivity contribution in [3.8, 4) is 0 Å². The van der Waals surface area contributed by atoms with Crippen molar-refractivity contribution in [3.63, 3.8) is 0 Å². The Morgan fingerprint density at radius 2 is 1.86 bits per heavy atom. The fourth-order valence-corrected chi connectivity index (χ4v) is 2.14. The summed E-state index contributed by atoms with van der Waals surface area (Å²) in [4.78, 5) is 0. The minimum Gasteiger partial charge on any atom is -0.372 e. The average Bonchev–Trinajstić information content (AvgIpc) is 2.77. The minimum atomic E-state index is -0.581. The lowest BCUT2D eigenvalue weighted by atomic mass is 10.2. The summed E-state index contributed by atoms with van der Waals surface area (Å²) in [7, 11) is 0. The van der Waals surface area contributed by atoms with Crippen molar-refractivity contribution in [2.75, 3.05) is 0 Å². The molecule has 0 saturated carbocycles. The van der Waals surface area contributed by atoms with Crippen LogP contribution in [-0.4, -0.2) is 4.57 Å². The third-order valence-electron chi connectivity index (χ3n) is 3.34. The molecule has 0 unspecified atom stereocenters. The monoisotopic (exact) mass is 291 g/mol. The Hall–Kier alpha value is -1.94. The van der Waals surface area contributed by atoms with Crippen LogP contribution in [0.1, 0.15) is 23.7 Å². The lowest BCUT2D eigenvalue weighted by molar-refractivity contribution is 0.106. The van der Waals surface area contributed by atoms with Crippen molar-refractivity contribution in [2.45, 2.75) is 33.6 Å². The number of hydrogen-bond acceptors (Lipinski definition) is 1. The van der Waals surface area contributed by atoms with E-state index in [2.05, 4.69) is 10.6 Å². The molecule has 0 atom stereocenters. The van der Waals surface area contributed by atoms with Crippen LogP contribution in [0.5, 0.6) is 0 Å². The molecule has 112 valence electrons. The first-order valence-electron chi connectivity index (χ1n) is 6.88. The molecule has 0 aliphatic heterocycles. The molecule has 4 heteroatoms. The molecule has 2 aromatic rings. The van der Waals surface area contributed by atoms with E-state index in [4.69, 9.17) is 4.74 Å². The highest BCUT2D eigenvalue weighted by molar-refractivity contribution is 5.21. The van der Waals surface area contributed by atoms with E-state index in [0.717, 1.165) is 23.9 Å². The maximum atomic E-state index is 13.1. The van der Waals surface area contributed by atoms with Crippen LogP contribution in [0.4, 0.5) is 8.78 Å². The number of nitrogens with zero attached hydrogens (tertiary/aromatic N) is 1. The van der Waals surface area contributed by atoms with Gasteiger partial charge in [0.1, 0.15) is 11.6 Å². The molecule has 2 rings (SSSR count). The minimum absolute atomic E-state index is 0.189. The van der Waals surface area contributed by atoms with E-state index < -0.39 is 11.6 Å². The average molecular weight is 291 g/mol. The third kappa shape index (κ3) is 4.26. The molecule has 0 aliphatic carbocycles. The summed E-state index contributed by atoms with van der Waals surface area (Å²) in [5.74, 6) is -1.16. The van der Waals surface area contributed by atoms with E-state index in [9.17, 15) is 8.78 Å². The molecule has 0 N–H and O–H groups in total. The third-order valence-corrected chi connectivity index (χ3v) is 3.34. The van der Waals surface area contributed by atoms with Crippen molar-refractivity contribution in [1.29, 1.82) is 0 Å². The standard InChI is InChI=1S/C17H19F2NO/c1-3-4-6-20-7-5-15(13(20)2)12-21-11-14-8-16(18)10-17(19)9-14/h3-5,7-10H,6,11-12H2,1-2H3/b4-3+. The van der Waals surface area contributed by atoms with Gasteiger partial charge in [0.15, 0.2) is 0 Å². The summed E-state index contributed by atoms with van der Waals surface area (Å²) < 4.78 is 33.8. The second-order valence-corrected chi connectivity index (χ2v) is 4.92. The van der Waals surface area contributed by atoms with E-state index in [1.165, 1.54) is 12.1 Å². The molecule has 0 fully saturated rings. The lowest BCUT2D eigenvalue weighted by Crippen LogP contribution is -2.00. The Labute approximate surface area is 123 Å². The molecular weight excluding hydrogens is 272 g/mol. The zero-order valence-electron chi connectivity index (χ0n) is 12.3. The fourth-order valence-electron chi connectivity index (χ4n) is 2.14. The molecule has 0 saturated heterocycles. The zero-order valence-corrected chi connectivity index (χ0v) is 12.3. The first kappa shape index (κ1) is 15.4. The number of aromatic nitrogens is 1. The molecular formula is C17H19F2NO. The van der Waals surface area contributed by atoms with Gasteiger partial charge in [-0.05, 0) is 43.2 Å². The normalized spacial score (nSPS) is 11.4. The molecule has 0 bridgehead atoms. The summed E-state index contributed by atoms with van der Waals surface area (Å²) in [6.07, 6.45) is 6.09. The van der Waals surface area contributed by atoms with Crippen molar-refractivity contribution in [2.24, 2.45) is 0 Å². The van der Waals surface area contributed by atoms with Gasteiger partial charge in [-0.25, -0.2) is 8.78 Å². The van der Waals surface area contributed by atoms with Crippen molar-refractivity contribution in [1.82, 2.24) is 4.57 Å². The number of allylic oxidation sites excluding steroid dienone is 2. The smallest absolute Gasteiger partial charge is 0.126 e. The topological polar surface area (TPSA) is 14.2 Å². The molecule has 0 spiro atoms. The molecule has 21 heavy (non-hydrogen) atoms. The summed E-state index contributed by atoms with van der Waals surface area (Å²) in [5, 5.41) is 0. The van der Waals surface area contributed by atoms with Crippen molar-refractivity contribution < 1.29 is 13.5 Å². The van der Waals surface area contributed by atoms with Crippen LogP contribution in [0.15, 0.2) is 42.6 Å². The Bertz CT molecular complexity index is 611. The van der Waals surface area contributed by atoms with Gasteiger partial charge >= 0.3 is 0 Å². The van der Waals surface area contributed by atoms with Gasteiger partial charge in [0.25, 0.3) is 0 Å². The summed E-state index contributed by atoms with van der Waals surface area (Å²) in [6, 6.07) is 5.43. The first-order chi connectivity index (χ1) is 10.1. The van der Waals surface area contributed by atoms with Crippen molar-refractivity contribution in [3.05, 3.63) is 71.1 Å². The zero-order chi connectivity index (χ0) is 15.2. The van der Waals surface area contributed by atoms with Crippen LogP contribution in [0.25, 0.3) is 0 Å². The second-order valence-electron chi connectivity index (χ2n) is 4.92. The van der Waals surface area contributed by atoms with Gasteiger partial charge < -0.3 is 9.30 Å². The number of ether oxygens (including phenoxy) is 1. The molecule has 1 aromatic carbocycles. The van der Waals surface area contributed by atoms with Gasteiger partial charge in [-0.2, -0.15) is 0 Å². The van der Waals surface area contributed by atoms with Gasteiger partial charge in [-0.1, -0.05) is 12.2 Å². The highest BCUT2D eigenvalue weighted by Gasteiger charge is 2.05. The summed E-state index contributed by atoms with van der Waals surface area (Å²) >= 11 is 0. The number of benzene rings is 1. The van der Waals surface area contributed by atoms with Gasteiger partial charge in [-0.3, -0.25) is 0 Å². The number of halogens is 2. The Balaban J connectivity index is 1.93. The van der Waals surface area contributed by atoms with Crippen molar-refractivity contribution >= 4 is 0 Å². The molecule has 0 radical (unpaired) electrons. The Morgan fingerprint density at radius 3 is 2.52 bits per heavy atom. The summed E-state index contributed by atoms with van der Waals surface area (Å²) in [6.45, 7) is 5.46. The van der Waals surface area contributed by atoms with E-state index in [1.54, 1.807) is 0 Å². The van der Waals surface area contributed by atoms with E-state index in [1.807, 2.05) is 32.2 Å². The largest absolute Gasteiger partial charge is 0.372 e. The van der Waals surface area contributed by atoms with Gasteiger partial charge in [-0.15, -0.1) is 0 Å². The van der Waals surface area contributed by atoms with E-state index in [0.29, 0.717) is 12.2 Å². The fraction of sp³-hybridized carbons (Fsp3) is 0.294. The van der Waals surface area contributed by atoms with Crippen LogP contribution in [0.2, 0.25) is 0 Å². The van der Waals surface area contributed by atoms with Crippen LogP contribution < -0.4 is 0 Å². The SMILES string of the molecule is C/C=C/Cn1ccc(COCc2cc(F)cc(F)c2)c1C. The maximum absolute atomic E-state index is 13.1. The highest BCUT2D eigenvalue weighted by atomic mass is 19.1. The molecule has 2 nitrogen and oxygen atoms in total. The number of hydrogen-bond donors (Lipinski definition) is 0. The van der Waals surface area contributed by atoms with Gasteiger partial charge in [0, 0.05) is 24.5 Å². The van der Waals surface area contributed by atoms with Crippen LogP contribution in [0, 0.1) is 18.6 Å². The van der Waals surface area contributed by atoms with Crippen LogP contribution in [-0.2, 0) is 24.5 Å². The Kier molecular flexibility index (Phi) is 5.28. The second kappa shape index (κ2) is 7.18. The first-order valence-corrected chi connectivity index (χ1v) is 6.88. The molecule has 0 amide bonds. The molecule has 1 aromatic heterocycles. The van der Waals surface area contributed by atoms with Gasteiger partial charge in [0.05, 0.1) is 13.2 Å². The predicted octanol–water partition coefficient (Wildman–Crippen LogP) is 4.37. The highest BCUT2D eigenvalue weighted by Crippen LogP contribution is 2.14. The van der Waals surface area contributed by atoms with Crippen LogP contribution in [0.3, 0.4) is 0 Å². The lowest BCUT2D eigenvalue weighted by Gasteiger charge is -2.07.